The molecule has 2 aromatic carbocycles. The second kappa shape index (κ2) is 9.91. The van der Waals surface area contributed by atoms with Gasteiger partial charge in [0.2, 0.25) is 0 Å². The van der Waals surface area contributed by atoms with Crippen LogP contribution in [0.1, 0.15) is 29.8 Å². The zero-order valence-corrected chi connectivity index (χ0v) is 20.4. The number of halogens is 2. The van der Waals surface area contributed by atoms with Crippen molar-refractivity contribution in [3.05, 3.63) is 71.8 Å². The fraction of sp³-hybridized carbons (Fsp3) is 0.478. The maximum Gasteiger partial charge on any atom is 0.113 e. The maximum atomic E-state index is 11.2. The normalized spacial score (nSPS) is 35.3. The van der Waals surface area contributed by atoms with Gasteiger partial charge in [-0.15, -0.1) is 0 Å². The predicted molar refractivity (Wildman–Crippen MR) is 130 cm³/mol. The summed E-state index contributed by atoms with van der Waals surface area (Å²) in [6, 6.07) is 20.6. The molecule has 2 aliphatic rings. The first kappa shape index (κ1) is 22.0. The lowest BCUT2D eigenvalue weighted by Crippen LogP contribution is -2.48. The van der Waals surface area contributed by atoms with E-state index in [1.165, 1.54) is 0 Å². The van der Waals surface area contributed by atoms with Crippen molar-refractivity contribution in [1.82, 2.24) is 0 Å². The van der Waals surface area contributed by atoms with Gasteiger partial charge >= 0.3 is 0 Å². The van der Waals surface area contributed by atoms with Crippen LogP contribution in [0.5, 0.6) is 0 Å². The molecule has 0 radical (unpaired) electrons. The molecule has 4 nitrogen and oxygen atoms in total. The highest BCUT2D eigenvalue weighted by Crippen LogP contribution is 2.46. The quantitative estimate of drug-likeness (QED) is 0.391. The highest BCUT2D eigenvalue weighted by Gasteiger charge is 2.52. The van der Waals surface area contributed by atoms with Gasteiger partial charge in [-0.05, 0) is 11.1 Å². The van der Waals surface area contributed by atoms with E-state index in [1.54, 1.807) is 0 Å². The molecule has 2 heterocycles. The molecular formula is C23H26I2O4. The van der Waals surface area contributed by atoms with Gasteiger partial charge in [-0.1, -0.05) is 106 Å². The Morgan fingerprint density at radius 1 is 0.897 bits per heavy atom. The van der Waals surface area contributed by atoms with Gasteiger partial charge in [-0.3, -0.25) is 0 Å². The topological polar surface area (TPSA) is 47.9 Å². The van der Waals surface area contributed by atoms with Crippen LogP contribution >= 0.6 is 45.2 Å². The Hall–Kier alpha value is -0.260. The van der Waals surface area contributed by atoms with Gasteiger partial charge in [0.15, 0.2) is 0 Å². The molecular weight excluding hydrogens is 594 g/mol. The first-order valence-corrected chi connectivity index (χ1v) is 13.0. The number of alkyl halides is 2. The van der Waals surface area contributed by atoms with Gasteiger partial charge in [-0.2, -0.15) is 0 Å². The molecule has 0 saturated carbocycles. The van der Waals surface area contributed by atoms with Crippen LogP contribution in [0.3, 0.4) is 0 Å². The molecule has 0 bridgehead atoms. The molecule has 6 heteroatoms. The summed E-state index contributed by atoms with van der Waals surface area (Å²) in [4.78, 5) is 0. The number of aliphatic hydroxyl groups excluding tert-OH is 1. The lowest BCUT2D eigenvalue weighted by atomic mass is 9.79. The summed E-state index contributed by atoms with van der Waals surface area (Å²) in [5.41, 5.74) is 1.76. The van der Waals surface area contributed by atoms with Crippen molar-refractivity contribution in [2.75, 3.05) is 22.1 Å². The number of benzene rings is 2. The minimum absolute atomic E-state index is 0.0650. The zero-order chi connectivity index (χ0) is 20.3. The molecule has 2 fully saturated rings. The number of ether oxygens (including phenoxy) is 3. The number of hydrogen-bond donors (Lipinski definition) is 1. The van der Waals surface area contributed by atoms with Crippen LogP contribution in [0.4, 0.5) is 0 Å². The minimum atomic E-state index is -0.530. The van der Waals surface area contributed by atoms with Gasteiger partial charge in [-0.25, -0.2) is 0 Å². The van der Waals surface area contributed by atoms with E-state index in [9.17, 15) is 5.11 Å². The second-order valence-electron chi connectivity index (χ2n) is 7.83. The summed E-state index contributed by atoms with van der Waals surface area (Å²) in [6.45, 7) is 1.02. The molecule has 0 amide bonds. The molecule has 0 aliphatic carbocycles. The molecule has 2 aliphatic heterocycles. The van der Waals surface area contributed by atoms with Gasteiger partial charge in [0, 0.05) is 15.3 Å². The van der Waals surface area contributed by atoms with E-state index in [4.69, 9.17) is 14.2 Å². The summed E-state index contributed by atoms with van der Waals surface area (Å²) in [5, 5.41) is 11.2. The third kappa shape index (κ3) is 4.52. The van der Waals surface area contributed by atoms with Crippen LogP contribution in [0, 0.1) is 5.41 Å². The van der Waals surface area contributed by atoms with Crippen LogP contribution in [-0.2, 0) is 14.2 Å². The average Bonchev–Trinajstić information content (AvgIpc) is 3.20. The Morgan fingerprint density at radius 3 is 2.03 bits per heavy atom. The molecule has 29 heavy (non-hydrogen) atoms. The molecule has 0 spiro atoms. The third-order valence-electron chi connectivity index (χ3n) is 6.03. The van der Waals surface area contributed by atoms with Gasteiger partial charge in [0.05, 0.1) is 36.9 Å². The van der Waals surface area contributed by atoms with Crippen molar-refractivity contribution in [2.45, 2.75) is 36.9 Å². The summed E-state index contributed by atoms with van der Waals surface area (Å²) in [6.07, 6.45) is -0.718. The van der Waals surface area contributed by atoms with Crippen molar-refractivity contribution in [2.24, 2.45) is 5.41 Å². The highest BCUT2D eigenvalue weighted by atomic mass is 127. The fourth-order valence-corrected chi connectivity index (χ4v) is 6.06. The van der Waals surface area contributed by atoms with Crippen LogP contribution in [0.25, 0.3) is 0 Å². The van der Waals surface area contributed by atoms with Crippen molar-refractivity contribution in [1.29, 1.82) is 0 Å². The van der Waals surface area contributed by atoms with Crippen LogP contribution in [-0.4, -0.2) is 45.5 Å². The van der Waals surface area contributed by atoms with E-state index in [2.05, 4.69) is 69.4 Å². The van der Waals surface area contributed by atoms with E-state index in [1.807, 2.05) is 36.4 Å². The predicted octanol–water partition coefficient (Wildman–Crippen LogP) is 4.89. The first-order valence-electron chi connectivity index (χ1n) is 9.96. The first-order chi connectivity index (χ1) is 14.2. The molecule has 4 rings (SSSR count). The summed E-state index contributed by atoms with van der Waals surface area (Å²) < 4.78 is 20.9. The average molecular weight is 620 g/mol. The van der Waals surface area contributed by atoms with Crippen molar-refractivity contribution < 1.29 is 19.3 Å². The Balaban J connectivity index is 1.81. The molecule has 2 aromatic rings. The lowest BCUT2D eigenvalue weighted by Gasteiger charge is -2.37. The second-order valence-corrected chi connectivity index (χ2v) is 9.48. The molecule has 0 aromatic heterocycles. The van der Waals surface area contributed by atoms with Gasteiger partial charge in [0.25, 0.3) is 0 Å². The van der Waals surface area contributed by atoms with Crippen LogP contribution in [0.15, 0.2) is 60.7 Å². The van der Waals surface area contributed by atoms with Gasteiger partial charge in [0.1, 0.15) is 12.2 Å². The fourth-order valence-electron chi connectivity index (χ4n) is 4.27. The highest BCUT2D eigenvalue weighted by molar-refractivity contribution is 14.1. The Bertz CT molecular complexity index is 775. The minimum Gasteiger partial charge on any atom is -0.392 e. The Labute approximate surface area is 199 Å². The SMILES string of the molecule is OC1C[C@@H](CI)O[C@H](c2ccccc2)[C@@H](c2ccccc2)OC2COC[C@]12CI. The molecule has 2 unspecified atom stereocenters. The molecule has 6 atom stereocenters. The monoisotopic (exact) mass is 620 g/mol. The number of aliphatic hydroxyl groups is 1. The largest absolute Gasteiger partial charge is 0.392 e. The molecule has 1 N–H and O–H groups in total. The maximum absolute atomic E-state index is 11.2. The van der Waals surface area contributed by atoms with Crippen molar-refractivity contribution in [3.63, 3.8) is 0 Å². The summed E-state index contributed by atoms with van der Waals surface area (Å²) >= 11 is 4.72. The Morgan fingerprint density at radius 2 is 1.48 bits per heavy atom. The van der Waals surface area contributed by atoms with Crippen molar-refractivity contribution >= 4 is 45.2 Å². The lowest BCUT2D eigenvalue weighted by molar-refractivity contribution is -0.131. The van der Waals surface area contributed by atoms with E-state index in [0.29, 0.717) is 19.6 Å². The summed E-state index contributed by atoms with van der Waals surface area (Å²) in [5.74, 6) is 0. The van der Waals surface area contributed by atoms with E-state index in [-0.39, 0.29) is 24.4 Å². The molecule has 156 valence electrons. The van der Waals surface area contributed by atoms with Crippen LogP contribution in [0.2, 0.25) is 0 Å². The standard InChI is InChI=1S/C23H26I2O4/c24-12-18-11-19(26)23(14-25)15-27-13-20(23)29-22(17-9-5-2-6-10-17)21(28-18)16-7-3-1-4-8-16/h1-10,18-22,26H,11-15H2/t18-,19?,20?,21+,22+,23+/m0/s1. The number of hydrogen-bond acceptors (Lipinski definition) is 4. The number of fused-ring (bicyclic) bond motifs is 1. The van der Waals surface area contributed by atoms with E-state index in [0.717, 1.165) is 20.0 Å². The van der Waals surface area contributed by atoms with E-state index < -0.39 is 11.5 Å². The van der Waals surface area contributed by atoms with Crippen molar-refractivity contribution in [3.8, 4) is 0 Å². The molecule has 2 saturated heterocycles. The summed E-state index contributed by atoms with van der Waals surface area (Å²) in [7, 11) is 0. The zero-order valence-electron chi connectivity index (χ0n) is 16.1. The van der Waals surface area contributed by atoms with Gasteiger partial charge < -0.3 is 19.3 Å². The van der Waals surface area contributed by atoms with E-state index >= 15 is 0 Å². The Kier molecular flexibility index (Phi) is 7.50. The smallest absolute Gasteiger partial charge is 0.113 e. The van der Waals surface area contributed by atoms with Crippen LogP contribution < -0.4 is 0 Å². The third-order valence-corrected chi connectivity index (χ3v) is 8.44. The number of rotatable bonds is 4.